The SMILES string of the molecule is CC(=O)O[C@H](CCl)COc1c(Cl)cc(C(C)(C)c2ccc(OC[C@@H](C)CF)cc2)cc1Cl. The first kappa shape index (κ1) is 26.6. The van der Waals surface area contributed by atoms with Gasteiger partial charge < -0.3 is 14.2 Å². The molecule has 0 spiro atoms. The summed E-state index contributed by atoms with van der Waals surface area (Å²) in [6, 6.07) is 11.3. The zero-order chi connectivity index (χ0) is 23.9. The lowest BCUT2D eigenvalue weighted by atomic mass is 9.78. The van der Waals surface area contributed by atoms with E-state index in [4.69, 9.17) is 49.0 Å². The molecule has 32 heavy (non-hydrogen) atoms. The van der Waals surface area contributed by atoms with Crippen LogP contribution in [0.3, 0.4) is 0 Å². The van der Waals surface area contributed by atoms with Gasteiger partial charge in [-0.05, 0) is 35.4 Å². The van der Waals surface area contributed by atoms with E-state index in [2.05, 4.69) is 13.8 Å². The molecule has 4 nitrogen and oxygen atoms in total. The Morgan fingerprint density at radius 1 is 1.03 bits per heavy atom. The van der Waals surface area contributed by atoms with Gasteiger partial charge in [0.1, 0.15) is 18.5 Å². The van der Waals surface area contributed by atoms with E-state index < -0.39 is 24.2 Å². The van der Waals surface area contributed by atoms with Crippen molar-refractivity contribution in [2.45, 2.75) is 39.2 Å². The Morgan fingerprint density at radius 3 is 2.12 bits per heavy atom. The van der Waals surface area contributed by atoms with Crippen molar-refractivity contribution in [2.75, 3.05) is 25.8 Å². The second-order valence-corrected chi connectivity index (χ2v) is 9.31. The van der Waals surface area contributed by atoms with E-state index in [0.29, 0.717) is 28.2 Å². The van der Waals surface area contributed by atoms with Crippen LogP contribution in [0.5, 0.6) is 11.5 Å². The third-order valence-electron chi connectivity index (χ3n) is 5.01. The average molecular weight is 506 g/mol. The minimum Gasteiger partial charge on any atom is -0.493 e. The maximum absolute atomic E-state index is 12.6. The van der Waals surface area contributed by atoms with Gasteiger partial charge in [-0.3, -0.25) is 9.18 Å². The van der Waals surface area contributed by atoms with E-state index in [1.54, 1.807) is 19.1 Å². The summed E-state index contributed by atoms with van der Waals surface area (Å²) in [5, 5.41) is 0.689. The Kier molecular flexibility index (Phi) is 9.93. The van der Waals surface area contributed by atoms with Crippen molar-refractivity contribution in [3.63, 3.8) is 0 Å². The summed E-state index contributed by atoms with van der Waals surface area (Å²) in [5.41, 5.74) is 1.52. The van der Waals surface area contributed by atoms with Crippen molar-refractivity contribution < 1.29 is 23.4 Å². The van der Waals surface area contributed by atoms with Crippen molar-refractivity contribution in [3.05, 3.63) is 57.6 Å². The third-order valence-corrected chi connectivity index (χ3v) is 5.92. The van der Waals surface area contributed by atoms with E-state index in [9.17, 15) is 9.18 Å². The molecule has 0 heterocycles. The van der Waals surface area contributed by atoms with Gasteiger partial charge >= 0.3 is 5.97 Å². The van der Waals surface area contributed by atoms with Crippen LogP contribution in [-0.4, -0.2) is 37.8 Å². The van der Waals surface area contributed by atoms with Crippen LogP contribution in [0.1, 0.15) is 38.8 Å². The topological polar surface area (TPSA) is 44.8 Å². The largest absolute Gasteiger partial charge is 0.493 e. The highest BCUT2D eigenvalue weighted by atomic mass is 35.5. The second kappa shape index (κ2) is 12.0. The predicted molar refractivity (Wildman–Crippen MR) is 127 cm³/mol. The first-order valence-electron chi connectivity index (χ1n) is 10.2. The summed E-state index contributed by atoms with van der Waals surface area (Å²) < 4.78 is 29.0. The first-order chi connectivity index (χ1) is 15.1. The highest BCUT2D eigenvalue weighted by molar-refractivity contribution is 6.37. The van der Waals surface area contributed by atoms with Gasteiger partial charge in [0.2, 0.25) is 0 Å². The molecule has 0 aliphatic carbocycles. The smallest absolute Gasteiger partial charge is 0.303 e. The van der Waals surface area contributed by atoms with E-state index in [1.807, 2.05) is 24.3 Å². The second-order valence-electron chi connectivity index (χ2n) is 8.19. The van der Waals surface area contributed by atoms with Crippen LogP contribution in [0.15, 0.2) is 36.4 Å². The lowest BCUT2D eigenvalue weighted by molar-refractivity contribution is -0.146. The number of ether oxygens (including phenoxy) is 3. The molecule has 0 saturated carbocycles. The van der Waals surface area contributed by atoms with Crippen molar-refractivity contribution in [1.82, 2.24) is 0 Å². The Balaban J connectivity index is 2.17. The minimum atomic E-state index is -0.606. The Bertz CT molecular complexity index is 880. The molecule has 2 aromatic carbocycles. The molecule has 0 amide bonds. The van der Waals surface area contributed by atoms with E-state index in [-0.39, 0.29) is 18.4 Å². The number of benzene rings is 2. The zero-order valence-electron chi connectivity index (χ0n) is 18.6. The standard InChI is InChI=1S/C24H28Cl3FO4/c1-15(12-28)13-30-19-7-5-17(6-8-19)24(3,4)18-9-21(26)23(22(27)10-18)31-14-20(11-25)32-16(2)29/h5-10,15,20H,11-14H2,1-4H3/t15-,20+/m0/s1. The molecule has 0 saturated heterocycles. The van der Waals surface area contributed by atoms with Crippen LogP contribution >= 0.6 is 34.8 Å². The average Bonchev–Trinajstić information content (AvgIpc) is 2.75. The van der Waals surface area contributed by atoms with E-state index in [0.717, 1.165) is 11.1 Å². The molecule has 2 aromatic rings. The highest BCUT2D eigenvalue weighted by Crippen LogP contribution is 2.40. The Hall–Kier alpha value is -1.69. The number of hydrogen-bond acceptors (Lipinski definition) is 4. The van der Waals surface area contributed by atoms with Crippen molar-refractivity contribution >= 4 is 40.8 Å². The highest BCUT2D eigenvalue weighted by Gasteiger charge is 2.26. The molecule has 0 aliphatic rings. The summed E-state index contributed by atoms with van der Waals surface area (Å²) in [6.45, 7) is 7.16. The van der Waals surface area contributed by atoms with Gasteiger partial charge in [0.05, 0.1) is 29.2 Å². The number of carbonyl (C=O) groups excluding carboxylic acids is 1. The molecule has 0 unspecified atom stereocenters. The van der Waals surface area contributed by atoms with Gasteiger partial charge in [0.15, 0.2) is 5.75 Å². The molecule has 0 aromatic heterocycles. The molecule has 2 atom stereocenters. The van der Waals surface area contributed by atoms with Crippen LogP contribution in [0.2, 0.25) is 10.0 Å². The van der Waals surface area contributed by atoms with Crippen LogP contribution in [0, 0.1) is 5.92 Å². The quantitative estimate of drug-likeness (QED) is 0.247. The number of hydrogen-bond donors (Lipinski definition) is 0. The fraction of sp³-hybridized carbons (Fsp3) is 0.458. The fourth-order valence-corrected chi connectivity index (χ4v) is 3.75. The maximum Gasteiger partial charge on any atom is 0.303 e. The van der Waals surface area contributed by atoms with Gasteiger partial charge in [-0.1, -0.05) is 56.1 Å². The van der Waals surface area contributed by atoms with Gasteiger partial charge in [-0.2, -0.15) is 0 Å². The third kappa shape index (κ3) is 7.16. The molecule has 0 fully saturated rings. The van der Waals surface area contributed by atoms with Crippen LogP contribution in [-0.2, 0) is 14.9 Å². The normalized spacial score (nSPS) is 13.4. The van der Waals surface area contributed by atoms with Gasteiger partial charge in [-0.25, -0.2) is 0 Å². The molecule has 0 bridgehead atoms. The molecule has 176 valence electrons. The van der Waals surface area contributed by atoms with Gasteiger partial charge in [-0.15, -0.1) is 11.6 Å². The van der Waals surface area contributed by atoms with Crippen LogP contribution in [0.4, 0.5) is 4.39 Å². The fourth-order valence-electron chi connectivity index (χ4n) is 3.00. The number of carbonyl (C=O) groups is 1. The van der Waals surface area contributed by atoms with Crippen molar-refractivity contribution in [2.24, 2.45) is 5.92 Å². The summed E-state index contributed by atoms with van der Waals surface area (Å²) in [6.07, 6.45) is -0.606. The van der Waals surface area contributed by atoms with Crippen molar-refractivity contribution in [3.8, 4) is 11.5 Å². The number of alkyl halides is 2. The molecule has 0 N–H and O–H groups in total. The number of rotatable bonds is 11. The summed E-state index contributed by atoms with van der Waals surface area (Å²) in [7, 11) is 0. The van der Waals surface area contributed by atoms with E-state index >= 15 is 0 Å². The van der Waals surface area contributed by atoms with Gasteiger partial charge in [0.25, 0.3) is 0 Å². The maximum atomic E-state index is 12.6. The van der Waals surface area contributed by atoms with Crippen molar-refractivity contribution in [1.29, 1.82) is 0 Å². The molecule has 0 radical (unpaired) electrons. The molecular weight excluding hydrogens is 478 g/mol. The monoisotopic (exact) mass is 504 g/mol. The van der Waals surface area contributed by atoms with Crippen LogP contribution in [0.25, 0.3) is 0 Å². The Morgan fingerprint density at radius 2 is 1.62 bits per heavy atom. The van der Waals surface area contributed by atoms with Crippen LogP contribution < -0.4 is 9.47 Å². The summed E-state index contributed by atoms with van der Waals surface area (Å²) in [4.78, 5) is 11.1. The van der Waals surface area contributed by atoms with E-state index in [1.165, 1.54) is 6.92 Å². The number of esters is 1. The molecule has 8 heteroatoms. The lowest BCUT2D eigenvalue weighted by Gasteiger charge is -2.27. The summed E-state index contributed by atoms with van der Waals surface area (Å²) in [5.74, 6) is 0.491. The summed E-state index contributed by atoms with van der Waals surface area (Å²) >= 11 is 18.8. The zero-order valence-corrected chi connectivity index (χ0v) is 20.9. The minimum absolute atomic E-state index is 0.0355. The predicted octanol–water partition coefficient (Wildman–Crippen LogP) is 6.85. The van der Waals surface area contributed by atoms with Gasteiger partial charge in [0, 0.05) is 18.3 Å². The first-order valence-corrected chi connectivity index (χ1v) is 11.5. The number of halogens is 4. The Labute approximate surface area is 203 Å². The lowest BCUT2D eigenvalue weighted by Crippen LogP contribution is -2.26. The molecule has 2 rings (SSSR count). The molecular formula is C24H28Cl3FO4. The molecule has 0 aliphatic heterocycles.